The van der Waals surface area contributed by atoms with Crippen molar-refractivity contribution in [1.82, 2.24) is 0 Å². The van der Waals surface area contributed by atoms with E-state index in [-0.39, 0.29) is 11.7 Å². The van der Waals surface area contributed by atoms with Gasteiger partial charge in [-0.25, -0.2) is 4.39 Å². The zero-order valence-electron chi connectivity index (χ0n) is 10.1. The molecule has 96 valence electrons. The maximum atomic E-state index is 13.3. The van der Waals surface area contributed by atoms with Crippen molar-refractivity contribution >= 4 is 27.5 Å². The Morgan fingerprint density at radius 1 is 1.16 bits per heavy atom. The van der Waals surface area contributed by atoms with Crippen LogP contribution in [0, 0.1) is 5.82 Å². The third-order valence-corrected chi connectivity index (χ3v) is 3.92. The predicted molar refractivity (Wildman–Crippen MR) is 75.9 cm³/mol. The van der Waals surface area contributed by atoms with Crippen LogP contribution in [0.4, 0.5) is 10.1 Å². The van der Waals surface area contributed by atoms with Gasteiger partial charge in [-0.05, 0) is 52.2 Å². The Kier molecular flexibility index (Phi) is 3.11. The number of benzene rings is 2. The average molecular weight is 320 g/mol. The number of hydrogen-bond donors (Lipinski definition) is 0. The maximum Gasteiger partial charge on any atom is 0.258 e. The lowest BCUT2D eigenvalue weighted by Gasteiger charge is -2.28. The van der Waals surface area contributed by atoms with E-state index in [9.17, 15) is 9.18 Å². The molecule has 3 rings (SSSR count). The molecular weight excluding hydrogens is 309 g/mol. The van der Waals surface area contributed by atoms with Gasteiger partial charge in [0, 0.05) is 17.8 Å². The van der Waals surface area contributed by atoms with Crippen molar-refractivity contribution in [3.05, 3.63) is 63.9 Å². The lowest BCUT2D eigenvalue weighted by atomic mass is 9.99. The summed E-state index contributed by atoms with van der Waals surface area (Å²) in [6, 6.07) is 12.3. The fraction of sp³-hybridized carbons (Fsp3) is 0.133. The molecule has 1 heterocycles. The molecule has 0 spiro atoms. The first-order valence-corrected chi connectivity index (χ1v) is 6.81. The van der Waals surface area contributed by atoms with Crippen molar-refractivity contribution in [2.75, 3.05) is 11.4 Å². The molecule has 0 aliphatic carbocycles. The van der Waals surface area contributed by atoms with Crippen molar-refractivity contribution in [3.63, 3.8) is 0 Å². The molecule has 0 aromatic heterocycles. The first-order valence-electron chi connectivity index (χ1n) is 6.01. The van der Waals surface area contributed by atoms with E-state index in [2.05, 4.69) is 15.9 Å². The third kappa shape index (κ3) is 2.16. The number of amides is 1. The van der Waals surface area contributed by atoms with E-state index in [0.717, 1.165) is 17.5 Å². The molecule has 0 unspecified atom stereocenters. The lowest BCUT2D eigenvalue weighted by Crippen LogP contribution is -2.37. The van der Waals surface area contributed by atoms with Crippen LogP contribution in [-0.2, 0) is 6.42 Å². The second kappa shape index (κ2) is 4.78. The van der Waals surface area contributed by atoms with E-state index < -0.39 is 0 Å². The normalized spacial score (nSPS) is 14.4. The SMILES string of the molecule is O=C1c2ccccc2CCN1c1ccc(F)c(Br)c1. The molecule has 2 nitrogen and oxygen atoms in total. The highest BCUT2D eigenvalue weighted by Crippen LogP contribution is 2.27. The summed E-state index contributed by atoms with van der Waals surface area (Å²) < 4.78 is 13.6. The van der Waals surface area contributed by atoms with Crippen molar-refractivity contribution in [3.8, 4) is 0 Å². The molecule has 2 aromatic rings. The molecule has 4 heteroatoms. The summed E-state index contributed by atoms with van der Waals surface area (Å²) in [5, 5.41) is 0. The van der Waals surface area contributed by atoms with Crippen LogP contribution < -0.4 is 4.90 Å². The van der Waals surface area contributed by atoms with Crippen LogP contribution in [0.1, 0.15) is 15.9 Å². The molecule has 2 aromatic carbocycles. The Labute approximate surface area is 119 Å². The maximum absolute atomic E-state index is 13.3. The highest BCUT2D eigenvalue weighted by atomic mass is 79.9. The van der Waals surface area contributed by atoms with Gasteiger partial charge in [-0.15, -0.1) is 0 Å². The van der Waals surface area contributed by atoms with Gasteiger partial charge in [-0.2, -0.15) is 0 Å². The largest absolute Gasteiger partial charge is 0.308 e. The van der Waals surface area contributed by atoms with E-state index in [1.54, 1.807) is 17.0 Å². The van der Waals surface area contributed by atoms with E-state index in [1.165, 1.54) is 6.07 Å². The zero-order chi connectivity index (χ0) is 13.4. The molecular formula is C15H11BrFNO. The second-order valence-electron chi connectivity index (χ2n) is 4.46. The number of nitrogens with zero attached hydrogens (tertiary/aromatic N) is 1. The molecule has 1 amide bonds. The first-order chi connectivity index (χ1) is 9.16. The smallest absolute Gasteiger partial charge is 0.258 e. The summed E-state index contributed by atoms with van der Waals surface area (Å²) in [5.41, 5.74) is 2.52. The molecule has 0 radical (unpaired) electrons. The van der Waals surface area contributed by atoms with Crippen LogP contribution in [0.25, 0.3) is 0 Å². The van der Waals surface area contributed by atoms with E-state index in [4.69, 9.17) is 0 Å². The number of carbonyl (C=O) groups is 1. The second-order valence-corrected chi connectivity index (χ2v) is 5.32. The Morgan fingerprint density at radius 3 is 2.74 bits per heavy atom. The fourth-order valence-electron chi connectivity index (χ4n) is 2.33. The van der Waals surface area contributed by atoms with Gasteiger partial charge in [0.1, 0.15) is 5.82 Å². The van der Waals surface area contributed by atoms with Crippen LogP contribution >= 0.6 is 15.9 Å². The molecule has 1 aliphatic rings. The average Bonchev–Trinajstić information content (AvgIpc) is 2.43. The van der Waals surface area contributed by atoms with Crippen LogP contribution in [0.2, 0.25) is 0 Å². The number of anilines is 1. The van der Waals surface area contributed by atoms with Gasteiger partial charge in [-0.1, -0.05) is 18.2 Å². The highest BCUT2D eigenvalue weighted by molar-refractivity contribution is 9.10. The number of hydrogen-bond acceptors (Lipinski definition) is 1. The predicted octanol–water partition coefficient (Wildman–Crippen LogP) is 3.79. The van der Waals surface area contributed by atoms with Crippen LogP contribution in [0.3, 0.4) is 0 Å². The number of fused-ring (bicyclic) bond motifs is 1. The van der Waals surface area contributed by atoms with Crippen LogP contribution in [0.15, 0.2) is 46.9 Å². The van der Waals surface area contributed by atoms with Crippen molar-refractivity contribution in [2.45, 2.75) is 6.42 Å². The minimum Gasteiger partial charge on any atom is -0.308 e. The summed E-state index contributed by atoms with van der Waals surface area (Å²) in [4.78, 5) is 14.1. The summed E-state index contributed by atoms with van der Waals surface area (Å²) >= 11 is 3.15. The number of halogens is 2. The molecule has 1 aliphatic heterocycles. The van der Waals surface area contributed by atoms with Gasteiger partial charge in [-0.3, -0.25) is 4.79 Å². The molecule has 0 fully saturated rings. The summed E-state index contributed by atoms with van der Waals surface area (Å²) in [7, 11) is 0. The van der Waals surface area contributed by atoms with E-state index >= 15 is 0 Å². The fourth-order valence-corrected chi connectivity index (χ4v) is 2.69. The molecule has 0 bridgehead atoms. The van der Waals surface area contributed by atoms with E-state index in [0.29, 0.717) is 16.7 Å². The van der Waals surface area contributed by atoms with Gasteiger partial charge < -0.3 is 4.90 Å². The molecule has 0 atom stereocenters. The monoisotopic (exact) mass is 319 g/mol. The molecule has 0 saturated heterocycles. The minimum atomic E-state index is -0.325. The van der Waals surface area contributed by atoms with Crippen molar-refractivity contribution < 1.29 is 9.18 Å². The Hall–Kier alpha value is -1.68. The summed E-state index contributed by atoms with van der Waals surface area (Å²) in [5.74, 6) is -0.353. The Bertz CT molecular complexity index is 656. The molecule has 19 heavy (non-hydrogen) atoms. The van der Waals surface area contributed by atoms with Crippen LogP contribution in [0.5, 0.6) is 0 Å². The standard InChI is InChI=1S/C15H11BrFNO/c16-13-9-11(5-6-14(13)17)18-8-7-10-3-1-2-4-12(10)15(18)19/h1-6,9H,7-8H2. The van der Waals surface area contributed by atoms with Crippen LogP contribution in [-0.4, -0.2) is 12.5 Å². The summed E-state index contributed by atoms with van der Waals surface area (Å²) in [6.07, 6.45) is 0.816. The van der Waals surface area contributed by atoms with Gasteiger partial charge in [0.25, 0.3) is 5.91 Å². The van der Waals surface area contributed by atoms with Crippen molar-refractivity contribution in [1.29, 1.82) is 0 Å². The van der Waals surface area contributed by atoms with Gasteiger partial charge in [0.05, 0.1) is 4.47 Å². The Balaban J connectivity index is 2.00. The number of carbonyl (C=O) groups excluding carboxylic acids is 1. The van der Waals surface area contributed by atoms with E-state index in [1.807, 2.05) is 24.3 Å². The molecule has 0 saturated carbocycles. The quantitative estimate of drug-likeness (QED) is 0.783. The third-order valence-electron chi connectivity index (χ3n) is 3.31. The summed E-state index contributed by atoms with van der Waals surface area (Å²) in [6.45, 7) is 0.619. The van der Waals surface area contributed by atoms with Gasteiger partial charge >= 0.3 is 0 Å². The minimum absolute atomic E-state index is 0.0274. The topological polar surface area (TPSA) is 20.3 Å². The number of rotatable bonds is 1. The Morgan fingerprint density at radius 2 is 1.95 bits per heavy atom. The van der Waals surface area contributed by atoms with Crippen molar-refractivity contribution in [2.24, 2.45) is 0 Å². The first kappa shape index (κ1) is 12.4. The highest BCUT2D eigenvalue weighted by Gasteiger charge is 2.25. The lowest BCUT2D eigenvalue weighted by molar-refractivity contribution is 0.0980. The van der Waals surface area contributed by atoms with Gasteiger partial charge in [0.15, 0.2) is 0 Å². The van der Waals surface area contributed by atoms with Gasteiger partial charge in [0.2, 0.25) is 0 Å². The molecule has 0 N–H and O–H groups in total. The zero-order valence-corrected chi connectivity index (χ0v) is 11.7.